The minimum Gasteiger partial charge on any atom is -0.313 e. The van der Waals surface area contributed by atoms with Crippen LogP contribution in [0.15, 0.2) is 4.90 Å². The minimum atomic E-state index is -3.43. The Morgan fingerprint density at radius 3 is 1.65 bits per heavy atom. The molecule has 0 unspecified atom stereocenters. The van der Waals surface area contributed by atoms with Crippen molar-refractivity contribution < 1.29 is 8.42 Å². The number of likely N-dealkylation sites (N-methyl/N-ethyl adjacent to an activating group) is 1. The third-order valence-electron chi connectivity index (χ3n) is 4.84. The van der Waals surface area contributed by atoms with E-state index in [1.807, 2.05) is 27.7 Å². The number of rotatable bonds is 3. The molecule has 5 heteroatoms. The fourth-order valence-electron chi connectivity index (χ4n) is 2.72. The number of benzene rings is 1. The first-order chi connectivity index (χ1) is 9.19. The van der Waals surface area contributed by atoms with E-state index in [1.54, 1.807) is 7.05 Å². The van der Waals surface area contributed by atoms with E-state index in [1.165, 1.54) is 9.87 Å². The van der Waals surface area contributed by atoms with Gasteiger partial charge in [-0.1, -0.05) is 0 Å². The summed E-state index contributed by atoms with van der Waals surface area (Å²) in [6.07, 6.45) is 0. The molecule has 0 bridgehead atoms. The Bertz CT molecular complexity index is 617. The zero-order chi connectivity index (χ0) is 15.2. The van der Waals surface area contributed by atoms with Crippen molar-refractivity contribution in [1.29, 1.82) is 0 Å². The lowest BCUT2D eigenvalue weighted by Crippen LogP contribution is -2.57. The van der Waals surface area contributed by atoms with Crippen LogP contribution >= 0.6 is 0 Å². The third kappa shape index (κ3) is 2.18. The average molecular weight is 296 g/mol. The lowest BCUT2D eigenvalue weighted by atomic mass is 9.95. The van der Waals surface area contributed by atoms with E-state index < -0.39 is 10.0 Å². The monoisotopic (exact) mass is 296 g/mol. The van der Waals surface area contributed by atoms with Crippen LogP contribution in [0.3, 0.4) is 0 Å². The first kappa shape index (κ1) is 15.5. The highest BCUT2D eigenvalue weighted by Gasteiger charge is 2.34. The van der Waals surface area contributed by atoms with E-state index in [9.17, 15) is 8.42 Å². The van der Waals surface area contributed by atoms with E-state index >= 15 is 0 Å². The summed E-state index contributed by atoms with van der Waals surface area (Å²) < 4.78 is 27.4. The van der Waals surface area contributed by atoms with E-state index in [0.29, 0.717) is 4.90 Å². The van der Waals surface area contributed by atoms with E-state index in [-0.39, 0.29) is 6.04 Å². The van der Waals surface area contributed by atoms with Crippen molar-refractivity contribution in [3.05, 3.63) is 27.8 Å². The Morgan fingerprint density at radius 2 is 1.30 bits per heavy atom. The van der Waals surface area contributed by atoms with Crippen LogP contribution in [0.2, 0.25) is 0 Å². The molecule has 1 saturated heterocycles. The van der Waals surface area contributed by atoms with Crippen molar-refractivity contribution in [2.75, 3.05) is 20.1 Å². The van der Waals surface area contributed by atoms with Crippen LogP contribution in [-0.2, 0) is 10.0 Å². The maximum atomic E-state index is 12.9. The van der Waals surface area contributed by atoms with Crippen molar-refractivity contribution in [3.63, 3.8) is 0 Å². The lowest BCUT2D eigenvalue weighted by Gasteiger charge is -2.35. The fraction of sp³-hybridized carbons (Fsp3) is 0.600. The summed E-state index contributed by atoms with van der Waals surface area (Å²) in [7, 11) is -1.74. The topological polar surface area (TPSA) is 49.4 Å². The molecule has 0 aromatic heterocycles. The molecule has 0 amide bonds. The van der Waals surface area contributed by atoms with Crippen molar-refractivity contribution in [1.82, 2.24) is 9.62 Å². The van der Waals surface area contributed by atoms with Gasteiger partial charge in [0.25, 0.3) is 0 Å². The Labute approximate surface area is 122 Å². The van der Waals surface area contributed by atoms with Crippen LogP contribution < -0.4 is 5.32 Å². The summed E-state index contributed by atoms with van der Waals surface area (Å²) in [6, 6.07) is 0.0701. The van der Waals surface area contributed by atoms with E-state index in [4.69, 9.17) is 0 Å². The van der Waals surface area contributed by atoms with Gasteiger partial charge in [0.05, 0.1) is 4.90 Å². The molecule has 0 atom stereocenters. The van der Waals surface area contributed by atoms with Crippen LogP contribution in [0, 0.1) is 34.6 Å². The molecule has 1 aromatic rings. The standard InChI is InChI=1S/C15H24N2O2S/c1-9-10(2)12(4)15(13(5)11(9)3)20(18,19)17(6)14-7-16-8-14/h14,16H,7-8H2,1-6H3. The molecule has 1 aliphatic heterocycles. The summed E-state index contributed by atoms with van der Waals surface area (Å²) in [5, 5.41) is 3.12. The minimum absolute atomic E-state index is 0.0701. The smallest absolute Gasteiger partial charge is 0.243 e. The average Bonchev–Trinajstić information content (AvgIpc) is 2.31. The Morgan fingerprint density at radius 1 is 0.900 bits per heavy atom. The first-order valence-corrected chi connectivity index (χ1v) is 8.39. The second kappa shape index (κ2) is 5.13. The summed E-state index contributed by atoms with van der Waals surface area (Å²) >= 11 is 0. The van der Waals surface area contributed by atoms with Crippen LogP contribution in [0.4, 0.5) is 0 Å². The highest BCUT2D eigenvalue weighted by Crippen LogP contribution is 2.31. The maximum Gasteiger partial charge on any atom is 0.243 e. The van der Waals surface area contributed by atoms with Crippen LogP contribution in [0.5, 0.6) is 0 Å². The van der Waals surface area contributed by atoms with Gasteiger partial charge in [-0.05, 0) is 62.4 Å². The van der Waals surface area contributed by atoms with Crippen LogP contribution in [0.25, 0.3) is 0 Å². The molecule has 0 saturated carbocycles. The highest BCUT2D eigenvalue weighted by atomic mass is 32.2. The first-order valence-electron chi connectivity index (χ1n) is 6.95. The van der Waals surface area contributed by atoms with Crippen molar-refractivity contribution in [2.24, 2.45) is 0 Å². The molecule has 0 aliphatic carbocycles. The molecule has 1 aromatic carbocycles. The molecular formula is C15H24N2O2S. The number of hydrogen-bond donors (Lipinski definition) is 1. The predicted molar refractivity (Wildman–Crippen MR) is 81.7 cm³/mol. The van der Waals surface area contributed by atoms with Gasteiger partial charge in [-0.2, -0.15) is 4.31 Å². The molecule has 1 N–H and O–H groups in total. The van der Waals surface area contributed by atoms with Gasteiger partial charge < -0.3 is 5.32 Å². The predicted octanol–water partition coefficient (Wildman–Crippen LogP) is 1.82. The molecule has 2 rings (SSSR count). The van der Waals surface area contributed by atoms with Crippen LogP contribution in [-0.4, -0.2) is 38.9 Å². The van der Waals surface area contributed by atoms with Gasteiger partial charge in [-0.15, -0.1) is 0 Å². The molecule has 0 radical (unpaired) electrons. The normalized spacial score (nSPS) is 16.6. The quantitative estimate of drug-likeness (QED) is 0.925. The number of sulfonamides is 1. The summed E-state index contributed by atoms with van der Waals surface area (Å²) in [5.41, 5.74) is 5.10. The Balaban J connectivity index is 2.63. The van der Waals surface area contributed by atoms with Gasteiger partial charge in [-0.3, -0.25) is 0 Å². The Hall–Kier alpha value is -0.910. The molecular weight excluding hydrogens is 272 g/mol. The fourth-order valence-corrected chi connectivity index (χ4v) is 4.63. The Kier molecular flexibility index (Phi) is 3.97. The zero-order valence-electron chi connectivity index (χ0n) is 13.2. The largest absolute Gasteiger partial charge is 0.313 e. The van der Waals surface area contributed by atoms with E-state index in [0.717, 1.165) is 35.3 Å². The van der Waals surface area contributed by atoms with Gasteiger partial charge in [0.2, 0.25) is 10.0 Å². The molecule has 1 fully saturated rings. The summed E-state index contributed by atoms with van der Waals surface area (Å²) in [4.78, 5) is 0.493. The van der Waals surface area contributed by atoms with Gasteiger partial charge >= 0.3 is 0 Å². The molecule has 4 nitrogen and oxygen atoms in total. The second-order valence-electron chi connectivity index (χ2n) is 5.79. The van der Waals surface area contributed by atoms with E-state index in [2.05, 4.69) is 12.2 Å². The summed E-state index contributed by atoms with van der Waals surface area (Å²) in [5.74, 6) is 0. The molecule has 20 heavy (non-hydrogen) atoms. The lowest BCUT2D eigenvalue weighted by molar-refractivity contribution is 0.274. The molecule has 1 aliphatic rings. The molecule has 112 valence electrons. The summed E-state index contributed by atoms with van der Waals surface area (Å²) in [6.45, 7) is 11.3. The maximum absolute atomic E-state index is 12.9. The van der Waals surface area contributed by atoms with Gasteiger partial charge in [0.15, 0.2) is 0 Å². The number of hydrogen-bond acceptors (Lipinski definition) is 3. The highest BCUT2D eigenvalue weighted by molar-refractivity contribution is 7.89. The molecule has 0 spiro atoms. The number of nitrogens with zero attached hydrogens (tertiary/aromatic N) is 1. The van der Waals surface area contributed by atoms with Crippen molar-refractivity contribution in [2.45, 2.75) is 45.6 Å². The van der Waals surface area contributed by atoms with Crippen molar-refractivity contribution >= 4 is 10.0 Å². The second-order valence-corrected chi connectivity index (χ2v) is 7.72. The zero-order valence-corrected chi connectivity index (χ0v) is 14.0. The van der Waals surface area contributed by atoms with Crippen LogP contribution in [0.1, 0.15) is 27.8 Å². The van der Waals surface area contributed by atoms with Crippen molar-refractivity contribution in [3.8, 4) is 0 Å². The molecule has 1 heterocycles. The SMILES string of the molecule is Cc1c(C)c(C)c(S(=O)(=O)N(C)C2CNC2)c(C)c1C. The van der Waals surface area contributed by atoms with Gasteiger partial charge in [-0.25, -0.2) is 8.42 Å². The third-order valence-corrected chi connectivity index (χ3v) is 7.03. The number of nitrogens with one attached hydrogen (secondary N) is 1. The van der Waals surface area contributed by atoms with Gasteiger partial charge in [0.1, 0.15) is 0 Å². The van der Waals surface area contributed by atoms with Gasteiger partial charge in [0, 0.05) is 26.2 Å².